The van der Waals surface area contributed by atoms with Gasteiger partial charge in [-0.1, -0.05) is 116 Å². The molecule has 0 aliphatic rings. The van der Waals surface area contributed by atoms with Crippen LogP contribution in [0.5, 0.6) is 0 Å². The van der Waals surface area contributed by atoms with E-state index in [1.54, 1.807) is 0 Å². The third kappa shape index (κ3) is 20.2. The Morgan fingerprint density at radius 3 is 1.15 bits per heavy atom. The fraction of sp³-hybridized carbons (Fsp3) is 1.00. The average Bonchev–Trinajstić information content (AvgIpc) is 2.63. The van der Waals surface area contributed by atoms with Crippen molar-refractivity contribution in [1.29, 1.82) is 0 Å². The quantitative estimate of drug-likeness (QED) is 0.166. The molecule has 1 unspecified atom stereocenters. The Hall–Kier alpha value is -0.0800. The van der Waals surface area contributed by atoms with Gasteiger partial charge in [-0.25, -0.2) is 0 Å². The van der Waals surface area contributed by atoms with E-state index in [-0.39, 0.29) is 0 Å². The van der Waals surface area contributed by atoms with Gasteiger partial charge in [0.05, 0.1) is 6.17 Å². The molecule has 0 aromatic rings. The fourth-order valence-electron chi connectivity index (χ4n) is 3.52. The molecule has 26 heavy (non-hydrogen) atoms. The smallest absolute Gasteiger partial charge is 0.0562 e. The molecule has 158 valence electrons. The molecule has 0 spiro atoms. The topological polar surface area (TPSA) is 15.3 Å². The molecule has 0 fully saturated rings. The van der Waals surface area contributed by atoms with Crippen LogP contribution >= 0.6 is 0 Å². The molecule has 0 amide bonds. The number of unbranched alkanes of at least 4 members (excludes halogenated alkanes) is 17. The number of hydrogen-bond donors (Lipinski definition) is 1. The van der Waals surface area contributed by atoms with E-state index in [1.165, 1.54) is 116 Å². The second-order valence-corrected chi connectivity index (χ2v) is 8.60. The van der Waals surface area contributed by atoms with E-state index in [0.29, 0.717) is 6.17 Å². The Morgan fingerprint density at radius 1 is 0.538 bits per heavy atom. The van der Waals surface area contributed by atoms with Crippen molar-refractivity contribution in [3.8, 4) is 0 Å². The van der Waals surface area contributed by atoms with Crippen molar-refractivity contribution < 1.29 is 0 Å². The fourth-order valence-corrected chi connectivity index (χ4v) is 3.52. The lowest BCUT2D eigenvalue weighted by atomic mass is 10.0. The van der Waals surface area contributed by atoms with Crippen LogP contribution in [0.1, 0.15) is 129 Å². The number of nitrogens with zero attached hydrogens (tertiary/aromatic N) is 1. The summed E-state index contributed by atoms with van der Waals surface area (Å²) in [5, 5.41) is 3.56. The monoisotopic (exact) mass is 368 g/mol. The molecule has 0 aliphatic heterocycles. The molecule has 0 heterocycles. The van der Waals surface area contributed by atoms with Crippen molar-refractivity contribution in [2.75, 3.05) is 20.6 Å². The standard InChI is InChI=1S/C24H52N2/c1-5-6-7-8-9-10-11-12-13-14-15-16-17-18-19-20-21-22-23-25-24(2)26(3)4/h24-25H,5-23H2,1-4H3. The summed E-state index contributed by atoms with van der Waals surface area (Å²) in [6, 6.07) is 0. The van der Waals surface area contributed by atoms with Crippen LogP contribution in [-0.2, 0) is 0 Å². The van der Waals surface area contributed by atoms with Crippen LogP contribution in [0.2, 0.25) is 0 Å². The highest BCUT2D eigenvalue weighted by atomic mass is 15.2. The SMILES string of the molecule is CCCCCCCCCCCCCCCCCCCCNC(C)N(C)C. The van der Waals surface area contributed by atoms with E-state index in [1.807, 2.05) is 0 Å². The minimum Gasteiger partial charge on any atom is -0.302 e. The molecule has 2 heteroatoms. The van der Waals surface area contributed by atoms with E-state index < -0.39 is 0 Å². The highest BCUT2D eigenvalue weighted by Crippen LogP contribution is 2.14. The molecular formula is C24H52N2. The Balaban J connectivity index is 3.03. The molecular weight excluding hydrogens is 316 g/mol. The summed E-state index contributed by atoms with van der Waals surface area (Å²) in [5.74, 6) is 0. The van der Waals surface area contributed by atoms with Crippen molar-refractivity contribution in [3.05, 3.63) is 0 Å². The molecule has 0 bridgehead atoms. The maximum absolute atomic E-state index is 3.56. The lowest BCUT2D eigenvalue weighted by Gasteiger charge is -2.20. The Bertz CT molecular complexity index is 253. The second-order valence-electron chi connectivity index (χ2n) is 8.60. The van der Waals surface area contributed by atoms with Gasteiger partial charge in [-0.05, 0) is 34.0 Å². The van der Waals surface area contributed by atoms with Gasteiger partial charge in [-0.3, -0.25) is 4.90 Å². The lowest BCUT2D eigenvalue weighted by molar-refractivity contribution is 0.264. The zero-order valence-corrected chi connectivity index (χ0v) is 19.0. The summed E-state index contributed by atoms with van der Waals surface area (Å²) in [5.41, 5.74) is 0. The van der Waals surface area contributed by atoms with Crippen molar-refractivity contribution in [2.45, 2.75) is 136 Å². The van der Waals surface area contributed by atoms with Gasteiger partial charge >= 0.3 is 0 Å². The third-order valence-corrected chi connectivity index (χ3v) is 5.74. The summed E-state index contributed by atoms with van der Waals surface area (Å²) < 4.78 is 0. The third-order valence-electron chi connectivity index (χ3n) is 5.74. The maximum Gasteiger partial charge on any atom is 0.0562 e. The minimum absolute atomic E-state index is 0.501. The van der Waals surface area contributed by atoms with Crippen molar-refractivity contribution in [3.63, 3.8) is 0 Å². The molecule has 0 radical (unpaired) electrons. The first-order valence-electron chi connectivity index (χ1n) is 12.1. The van der Waals surface area contributed by atoms with Crippen LogP contribution in [0.25, 0.3) is 0 Å². The normalized spacial score (nSPS) is 12.8. The van der Waals surface area contributed by atoms with Crippen LogP contribution < -0.4 is 5.32 Å². The van der Waals surface area contributed by atoms with E-state index in [9.17, 15) is 0 Å². The van der Waals surface area contributed by atoms with Crippen molar-refractivity contribution in [1.82, 2.24) is 10.2 Å². The number of rotatable bonds is 21. The van der Waals surface area contributed by atoms with Crippen LogP contribution in [0.4, 0.5) is 0 Å². The van der Waals surface area contributed by atoms with Gasteiger partial charge in [0.25, 0.3) is 0 Å². The summed E-state index contributed by atoms with van der Waals surface area (Å²) in [6.07, 6.45) is 26.6. The largest absolute Gasteiger partial charge is 0.302 e. The zero-order valence-electron chi connectivity index (χ0n) is 19.0. The van der Waals surface area contributed by atoms with Gasteiger partial charge < -0.3 is 5.32 Å². The summed E-state index contributed by atoms with van der Waals surface area (Å²) in [4.78, 5) is 2.23. The predicted octanol–water partition coefficient (Wildman–Crippen LogP) is 7.53. The van der Waals surface area contributed by atoms with Crippen molar-refractivity contribution >= 4 is 0 Å². The molecule has 0 saturated carbocycles. The molecule has 0 aromatic carbocycles. The molecule has 0 saturated heterocycles. The summed E-state index contributed by atoms with van der Waals surface area (Å²) in [7, 11) is 4.26. The number of nitrogens with one attached hydrogen (secondary N) is 1. The molecule has 0 aliphatic carbocycles. The van der Waals surface area contributed by atoms with Gasteiger partial charge in [0.2, 0.25) is 0 Å². The predicted molar refractivity (Wildman–Crippen MR) is 120 cm³/mol. The van der Waals surface area contributed by atoms with Crippen molar-refractivity contribution in [2.24, 2.45) is 0 Å². The van der Waals surface area contributed by atoms with E-state index in [0.717, 1.165) is 6.54 Å². The average molecular weight is 369 g/mol. The maximum atomic E-state index is 3.56. The van der Waals surface area contributed by atoms with Gasteiger partial charge in [-0.2, -0.15) is 0 Å². The van der Waals surface area contributed by atoms with Gasteiger partial charge in [0.1, 0.15) is 0 Å². The van der Waals surface area contributed by atoms with Crippen LogP contribution in [0.15, 0.2) is 0 Å². The molecule has 2 nitrogen and oxygen atoms in total. The highest BCUT2D eigenvalue weighted by molar-refractivity contribution is 4.57. The Kier molecular flexibility index (Phi) is 21.2. The first kappa shape index (κ1) is 25.9. The van der Waals surface area contributed by atoms with E-state index >= 15 is 0 Å². The highest BCUT2D eigenvalue weighted by Gasteiger charge is 2.01. The first-order chi connectivity index (χ1) is 12.7. The molecule has 1 atom stereocenters. The van der Waals surface area contributed by atoms with E-state index in [4.69, 9.17) is 0 Å². The van der Waals surface area contributed by atoms with Crippen LogP contribution in [0.3, 0.4) is 0 Å². The van der Waals surface area contributed by atoms with Crippen LogP contribution in [-0.4, -0.2) is 31.7 Å². The lowest BCUT2D eigenvalue weighted by Crippen LogP contribution is -2.39. The van der Waals surface area contributed by atoms with E-state index in [2.05, 4.69) is 38.2 Å². The molecule has 0 aromatic heterocycles. The Labute approximate surface area is 166 Å². The second kappa shape index (κ2) is 21.2. The molecule has 0 rings (SSSR count). The first-order valence-corrected chi connectivity index (χ1v) is 12.1. The Morgan fingerprint density at radius 2 is 0.846 bits per heavy atom. The zero-order chi connectivity index (χ0) is 19.3. The number of hydrogen-bond acceptors (Lipinski definition) is 2. The van der Waals surface area contributed by atoms with Gasteiger partial charge in [0.15, 0.2) is 0 Å². The van der Waals surface area contributed by atoms with Gasteiger partial charge in [0, 0.05) is 0 Å². The van der Waals surface area contributed by atoms with Gasteiger partial charge in [-0.15, -0.1) is 0 Å². The van der Waals surface area contributed by atoms with Crippen LogP contribution in [0, 0.1) is 0 Å². The summed E-state index contributed by atoms with van der Waals surface area (Å²) >= 11 is 0. The molecule has 1 N–H and O–H groups in total. The minimum atomic E-state index is 0.501. The summed E-state index contributed by atoms with van der Waals surface area (Å²) in [6.45, 7) is 5.69.